The number of amides is 1. The van der Waals surface area contributed by atoms with Gasteiger partial charge in [-0.05, 0) is 12.3 Å². The fourth-order valence-electron chi connectivity index (χ4n) is 1.09. The van der Waals surface area contributed by atoms with Crippen LogP contribution in [0.1, 0.15) is 26.7 Å². The van der Waals surface area contributed by atoms with Crippen molar-refractivity contribution in [2.45, 2.75) is 32.7 Å². The van der Waals surface area contributed by atoms with Crippen molar-refractivity contribution in [3.63, 3.8) is 0 Å². The molecule has 4 nitrogen and oxygen atoms in total. The van der Waals surface area contributed by atoms with Crippen LogP contribution in [0, 0.1) is 5.92 Å². The van der Waals surface area contributed by atoms with Crippen LogP contribution in [0.5, 0.6) is 0 Å². The molecular weight excluding hydrogens is 158 g/mol. The van der Waals surface area contributed by atoms with E-state index in [1.165, 1.54) is 0 Å². The first-order valence-electron chi connectivity index (χ1n) is 3.97. The summed E-state index contributed by atoms with van der Waals surface area (Å²) in [5.41, 5.74) is 0. The number of rotatable bonds is 6. The van der Waals surface area contributed by atoms with E-state index in [0.717, 1.165) is 0 Å². The van der Waals surface area contributed by atoms with Gasteiger partial charge >= 0.3 is 5.97 Å². The molecule has 0 aromatic rings. The summed E-state index contributed by atoms with van der Waals surface area (Å²) in [4.78, 5) is 20.4. The van der Waals surface area contributed by atoms with Crippen LogP contribution in [0.2, 0.25) is 0 Å². The van der Waals surface area contributed by atoms with Crippen LogP contribution in [0.15, 0.2) is 0 Å². The second-order valence-electron chi connectivity index (χ2n) is 3.21. The Morgan fingerprint density at radius 3 is 2.50 bits per heavy atom. The quantitative estimate of drug-likeness (QED) is 0.579. The third-order valence-corrected chi connectivity index (χ3v) is 1.48. The van der Waals surface area contributed by atoms with E-state index in [2.05, 4.69) is 5.32 Å². The number of carboxylic acids is 1. The molecule has 0 heterocycles. The average molecular weight is 173 g/mol. The zero-order valence-corrected chi connectivity index (χ0v) is 7.41. The van der Waals surface area contributed by atoms with Gasteiger partial charge in [-0.2, -0.15) is 0 Å². The van der Waals surface area contributed by atoms with Crippen LogP contribution < -0.4 is 5.32 Å². The van der Waals surface area contributed by atoms with E-state index in [1.54, 1.807) is 0 Å². The Morgan fingerprint density at radius 1 is 1.58 bits per heavy atom. The highest BCUT2D eigenvalue weighted by atomic mass is 16.4. The van der Waals surface area contributed by atoms with Crippen LogP contribution >= 0.6 is 0 Å². The molecular formula is C8H15NO3. The van der Waals surface area contributed by atoms with Crippen molar-refractivity contribution in [3.05, 3.63) is 0 Å². The number of nitrogens with one attached hydrogen (secondary N) is 1. The Kier molecular flexibility index (Phi) is 5.08. The lowest BCUT2D eigenvalue weighted by Gasteiger charge is -2.15. The van der Waals surface area contributed by atoms with Crippen molar-refractivity contribution in [3.8, 4) is 0 Å². The first-order chi connectivity index (χ1) is 5.56. The summed E-state index contributed by atoms with van der Waals surface area (Å²) < 4.78 is 0. The molecule has 0 saturated heterocycles. The minimum Gasteiger partial charge on any atom is -0.481 e. The molecule has 1 unspecified atom stereocenters. The van der Waals surface area contributed by atoms with Gasteiger partial charge in [0.2, 0.25) is 6.41 Å². The monoisotopic (exact) mass is 173 g/mol. The number of hydrogen-bond donors (Lipinski definition) is 2. The first kappa shape index (κ1) is 10.9. The molecule has 0 rings (SSSR count). The lowest BCUT2D eigenvalue weighted by molar-refractivity contribution is -0.137. The molecule has 0 radical (unpaired) electrons. The summed E-state index contributed by atoms with van der Waals surface area (Å²) in [6.45, 7) is 3.97. The summed E-state index contributed by atoms with van der Waals surface area (Å²) in [5, 5.41) is 11.0. The van der Waals surface area contributed by atoms with Crippen molar-refractivity contribution in [2.24, 2.45) is 5.92 Å². The zero-order chi connectivity index (χ0) is 9.56. The predicted octanol–water partition coefficient (Wildman–Crippen LogP) is 0.622. The van der Waals surface area contributed by atoms with Gasteiger partial charge in [-0.25, -0.2) is 0 Å². The third kappa shape index (κ3) is 5.70. The SMILES string of the molecule is CC(C)CC(CC(=O)O)NC=O. The highest BCUT2D eigenvalue weighted by Gasteiger charge is 2.13. The molecule has 0 bridgehead atoms. The number of hydrogen-bond acceptors (Lipinski definition) is 2. The summed E-state index contributed by atoms with van der Waals surface area (Å²) in [5.74, 6) is -0.489. The molecule has 0 aromatic heterocycles. The Morgan fingerprint density at radius 2 is 2.17 bits per heavy atom. The smallest absolute Gasteiger partial charge is 0.305 e. The van der Waals surface area contributed by atoms with E-state index in [9.17, 15) is 9.59 Å². The van der Waals surface area contributed by atoms with Crippen molar-refractivity contribution < 1.29 is 14.7 Å². The van der Waals surface area contributed by atoms with Crippen molar-refractivity contribution in [1.29, 1.82) is 0 Å². The molecule has 0 fully saturated rings. The highest BCUT2D eigenvalue weighted by molar-refractivity contribution is 5.68. The van der Waals surface area contributed by atoms with E-state index < -0.39 is 5.97 Å². The Bertz CT molecular complexity index is 156. The van der Waals surface area contributed by atoms with E-state index in [1.807, 2.05) is 13.8 Å². The summed E-state index contributed by atoms with van der Waals surface area (Å²) in [6, 6.07) is -0.236. The standard InChI is InChI=1S/C8H15NO3/c1-6(2)3-7(9-5-10)4-8(11)12/h5-7H,3-4H2,1-2H3,(H,9,10)(H,11,12). The minimum atomic E-state index is -0.880. The Hall–Kier alpha value is -1.06. The second kappa shape index (κ2) is 5.57. The maximum absolute atomic E-state index is 10.3. The predicted molar refractivity (Wildman–Crippen MR) is 44.7 cm³/mol. The summed E-state index contributed by atoms with van der Waals surface area (Å²) >= 11 is 0. The maximum atomic E-state index is 10.3. The number of aliphatic carboxylic acids is 1. The van der Waals surface area contributed by atoms with Crippen LogP contribution in [0.4, 0.5) is 0 Å². The van der Waals surface area contributed by atoms with Gasteiger partial charge in [0.15, 0.2) is 0 Å². The normalized spacial score (nSPS) is 12.6. The van der Waals surface area contributed by atoms with Gasteiger partial charge in [-0.1, -0.05) is 13.8 Å². The van der Waals surface area contributed by atoms with Gasteiger partial charge in [0, 0.05) is 6.04 Å². The minimum absolute atomic E-state index is 0.00306. The molecule has 1 amide bonds. The largest absolute Gasteiger partial charge is 0.481 e. The first-order valence-corrected chi connectivity index (χ1v) is 3.97. The summed E-state index contributed by atoms with van der Waals surface area (Å²) in [7, 11) is 0. The van der Waals surface area contributed by atoms with E-state index in [0.29, 0.717) is 18.7 Å². The van der Waals surface area contributed by atoms with Crippen LogP contribution in [-0.2, 0) is 9.59 Å². The van der Waals surface area contributed by atoms with Crippen molar-refractivity contribution in [2.75, 3.05) is 0 Å². The molecule has 0 aromatic carbocycles. The molecule has 12 heavy (non-hydrogen) atoms. The molecule has 2 N–H and O–H groups in total. The molecule has 4 heteroatoms. The van der Waals surface area contributed by atoms with Gasteiger partial charge in [0.1, 0.15) is 0 Å². The lowest BCUT2D eigenvalue weighted by Crippen LogP contribution is -2.31. The van der Waals surface area contributed by atoms with Gasteiger partial charge < -0.3 is 10.4 Å². The van der Waals surface area contributed by atoms with Crippen LogP contribution in [-0.4, -0.2) is 23.5 Å². The van der Waals surface area contributed by atoms with E-state index in [-0.39, 0.29) is 12.5 Å². The van der Waals surface area contributed by atoms with Gasteiger partial charge in [-0.15, -0.1) is 0 Å². The summed E-state index contributed by atoms with van der Waals surface area (Å²) in [6.07, 6.45) is 1.25. The molecule has 0 aliphatic rings. The number of carbonyl (C=O) groups excluding carboxylic acids is 1. The second-order valence-corrected chi connectivity index (χ2v) is 3.21. The fourth-order valence-corrected chi connectivity index (χ4v) is 1.09. The fraction of sp³-hybridized carbons (Fsp3) is 0.750. The van der Waals surface area contributed by atoms with Crippen LogP contribution in [0.25, 0.3) is 0 Å². The zero-order valence-electron chi connectivity index (χ0n) is 7.41. The number of carbonyl (C=O) groups is 2. The molecule has 0 saturated carbocycles. The third-order valence-electron chi connectivity index (χ3n) is 1.48. The number of carboxylic acid groups (broad SMARTS) is 1. The highest BCUT2D eigenvalue weighted by Crippen LogP contribution is 2.07. The molecule has 0 spiro atoms. The molecule has 70 valence electrons. The lowest BCUT2D eigenvalue weighted by atomic mass is 10.0. The van der Waals surface area contributed by atoms with Crippen LogP contribution in [0.3, 0.4) is 0 Å². The topological polar surface area (TPSA) is 66.4 Å². The molecule has 1 atom stereocenters. The average Bonchev–Trinajstić information content (AvgIpc) is 1.84. The molecule has 0 aliphatic carbocycles. The Balaban J connectivity index is 3.85. The molecule has 0 aliphatic heterocycles. The van der Waals surface area contributed by atoms with Gasteiger partial charge in [0.05, 0.1) is 6.42 Å². The van der Waals surface area contributed by atoms with E-state index >= 15 is 0 Å². The van der Waals surface area contributed by atoms with E-state index in [4.69, 9.17) is 5.11 Å². The maximum Gasteiger partial charge on any atom is 0.305 e. The van der Waals surface area contributed by atoms with Crippen molar-refractivity contribution in [1.82, 2.24) is 5.32 Å². The van der Waals surface area contributed by atoms with Gasteiger partial charge in [0.25, 0.3) is 0 Å². The Labute approximate surface area is 72.0 Å². The van der Waals surface area contributed by atoms with Gasteiger partial charge in [-0.3, -0.25) is 9.59 Å². The van der Waals surface area contributed by atoms with Crippen molar-refractivity contribution >= 4 is 12.4 Å².